The summed E-state index contributed by atoms with van der Waals surface area (Å²) in [5.74, 6) is 1.36. The summed E-state index contributed by atoms with van der Waals surface area (Å²) in [5, 5.41) is 9.09. The molecule has 1 saturated heterocycles. The van der Waals surface area contributed by atoms with Crippen molar-refractivity contribution in [1.82, 2.24) is 15.5 Å². The zero-order valence-electron chi connectivity index (χ0n) is 14.8. The van der Waals surface area contributed by atoms with Crippen LogP contribution in [0, 0.1) is 0 Å². The van der Waals surface area contributed by atoms with Crippen LogP contribution in [0.4, 0.5) is 0 Å². The van der Waals surface area contributed by atoms with Gasteiger partial charge in [-0.15, -0.1) is 11.3 Å². The molecule has 0 aromatic carbocycles. The van der Waals surface area contributed by atoms with Crippen molar-refractivity contribution in [2.45, 2.75) is 31.2 Å². The van der Waals surface area contributed by atoms with Crippen LogP contribution in [0.5, 0.6) is 0 Å². The van der Waals surface area contributed by atoms with E-state index in [0.717, 1.165) is 45.1 Å². The number of guanidine groups is 1. The molecule has 0 bridgehead atoms. The van der Waals surface area contributed by atoms with Crippen LogP contribution in [0.15, 0.2) is 22.5 Å². The molecule has 1 aliphatic rings. The molecule has 1 unspecified atom stereocenters. The molecule has 1 aromatic rings. The molecular weight excluding hydrogens is 308 g/mol. The maximum absolute atomic E-state index is 5.53. The van der Waals surface area contributed by atoms with E-state index in [-0.39, 0.29) is 5.54 Å². The Morgan fingerprint density at radius 3 is 2.70 bits per heavy atom. The first-order valence-electron chi connectivity index (χ1n) is 8.30. The van der Waals surface area contributed by atoms with Crippen LogP contribution in [-0.2, 0) is 4.74 Å². The molecule has 2 rings (SSSR count). The van der Waals surface area contributed by atoms with Gasteiger partial charge in [-0.25, -0.2) is 0 Å². The van der Waals surface area contributed by atoms with Crippen LogP contribution in [0.2, 0.25) is 0 Å². The summed E-state index contributed by atoms with van der Waals surface area (Å²) in [5.41, 5.74) is 0.148. The van der Waals surface area contributed by atoms with Gasteiger partial charge in [-0.3, -0.25) is 4.99 Å². The summed E-state index contributed by atoms with van der Waals surface area (Å²) in [6, 6.07) is 4.30. The molecule has 1 aliphatic heterocycles. The highest BCUT2D eigenvalue weighted by atomic mass is 32.1. The van der Waals surface area contributed by atoms with Gasteiger partial charge in [0.1, 0.15) is 0 Å². The Labute approximate surface area is 144 Å². The van der Waals surface area contributed by atoms with Crippen molar-refractivity contribution in [1.29, 1.82) is 0 Å². The van der Waals surface area contributed by atoms with Crippen LogP contribution in [0.3, 0.4) is 0 Å². The third-order valence-corrected chi connectivity index (χ3v) is 5.89. The number of ether oxygens (including phenoxy) is 1. The smallest absolute Gasteiger partial charge is 0.191 e. The SMILES string of the molecule is CN=C(NCC(C)c1cccs1)NCC1(N(C)C)CCOCC1. The number of nitrogens with zero attached hydrogens (tertiary/aromatic N) is 2. The number of hydrogen-bond donors (Lipinski definition) is 2. The van der Waals surface area contributed by atoms with E-state index in [1.807, 2.05) is 18.4 Å². The van der Waals surface area contributed by atoms with E-state index < -0.39 is 0 Å². The van der Waals surface area contributed by atoms with Crippen molar-refractivity contribution in [3.8, 4) is 0 Å². The Balaban J connectivity index is 1.84. The maximum atomic E-state index is 5.53. The Morgan fingerprint density at radius 2 is 2.13 bits per heavy atom. The first kappa shape index (κ1) is 18.2. The van der Waals surface area contributed by atoms with Crippen LogP contribution in [0.1, 0.15) is 30.6 Å². The van der Waals surface area contributed by atoms with E-state index in [0.29, 0.717) is 5.92 Å². The third kappa shape index (κ3) is 4.93. The molecule has 0 saturated carbocycles. The number of nitrogens with one attached hydrogen (secondary N) is 2. The number of hydrogen-bond acceptors (Lipinski definition) is 4. The minimum atomic E-state index is 0.148. The summed E-state index contributed by atoms with van der Waals surface area (Å²) in [7, 11) is 6.14. The van der Waals surface area contributed by atoms with Gasteiger partial charge in [0.05, 0.1) is 0 Å². The van der Waals surface area contributed by atoms with Crippen molar-refractivity contribution in [3.63, 3.8) is 0 Å². The molecule has 6 heteroatoms. The van der Waals surface area contributed by atoms with Crippen molar-refractivity contribution in [3.05, 3.63) is 22.4 Å². The molecular formula is C17H30N4OS. The number of likely N-dealkylation sites (N-methyl/N-ethyl adjacent to an activating group) is 1. The normalized spacial score (nSPS) is 19.6. The molecule has 0 spiro atoms. The van der Waals surface area contributed by atoms with Gasteiger partial charge in [-0.05, 0) is 38.4 Å². The van der Waals surface area contributed by atoms with E-state index in [9.17, 15) is 0 Å². The molecule has 1 fully saturated rings. The Kier molecular flexibility index (Phi) is 6.87. The van der Waals surface area contributed by atoms with E-state index >= 15 is 0 Å². The standard InChI is InChI=1S/C17H30N4OS/c1-14(15-6-5-11-23-15)12-19-16(18-2)20-13-17(21(3)4)7-9-22-10-8-17/h5-6,11,14H,7-10,12-13H2,1-4H3,(H2,18,19,20). The minimum Gasteiger partial charge on any atom is -0.381 e. The molecule has 0 amide bonds. The quantitative estimate of drug-likeness (QED) is 0.616. The van der Waals surface area contributed by atoms with E-state index in [4.69, 9.17) is 4.74 Å². The summed E-state index contributed by atoms with van der Waals surface area (Å²) in [6.45, 7) is 5.68. The third-order valence-electron chi connectivity index (χ3n) is 4.79. The molecule has 0 radical (unpaired) electrons. The lowest BCUT2D eigenvalue weighted by atomic mass is 9.88. The largest absolute Gasteiger partial charge is 0.381 e. The lowest BCUT2D eigenvalue weighted by Gasteiger charge is -2.43. The van der Waals surface area contributed by atoms with Gasteiger partial charge in [-0.1, -0.05) is 13.0 Å². The lowest BCUT2D eigenvalue weighted by molar-refractivity contribution is -0.00501. The average molecular weight is 339 g/mol. The number of thiophene rings is 1. The fraction of sp³-hybridized carbons (Fsp3) is 0.706. The Hall–Kier alpha value is -1.11. The second kappa shape index (κ2) is 8.66. The highest BCUT2D eigenvalue weighted by molar-refractivity contribution is 7.10. The molecule has 23 heavy (non-hydrogen) atoms. The number of aliphatic imine (C=N–C) groups is 1. The van der Waals surface area contributed by atoms with Crippen molar-refractivity contribution in [2.75, 3.05) is 47.4 Å². The Bertz CT molecular complexity index is 481. The molecule has 2 heterocycles. The van der Waals surface area contributed by atoms with Gasteiger partial charge in [0.15, 0.2) is 5.96 Å². The minimum absolute atomic E-state index is 0.148. The van der Waals surface area contributed by atoms with Crippen LogP contribution in [-0.4, -0.2) is 63.8 Å². The summed E-state index contributed by atoms with van der Waals surface area (Å²) < 4.78 is 5.53. The first-order valence-corrected chi connectivity index (χ1v) is 9.18. The summed E-state index contributed by atoms with van der Waals surface area (Å²) >= 11 is 1.81. The van der Waals surface area contributed by atoms with E-state index in [1.165, 1.54) is 4.88 Å². The molecule has 1 aromatic heterocycles. The summed E-state index contributed by atoms with van der Waals surface area (Å²) in [6.07, 6.45) is 2.10. The van der Waals surface area contributed by atoms with Crippen molar-refractivity contribution in [2.24, 2.45) is 4.99 Å². The molecule has 130 valence electrons. The number of rotatable bonds is 6. The first-order chi connectivity index (χ1) is 11.1. The van der Waals surface area contributed by atoms with Crippen molar-refractivity contribution < 1.29 is 4.74 Å². The maximum Gasteiger partial charge on any atom is 0.191 e. The van der Waals surface area contributed by atoms with Crippen LogP contribution in [0.25, 0.3) is 0 Å². The van der Waals surface area contributed by atoms with Crippen LogP contribution >= 0.6 is 11.3 Å². The summed E-state index contributed by atoms with van der Waals surface area (Å²) in [4.78, 5) is 8.09. The van der Waals surface area contributed by atoms with Gasteiger partial charge in [-0.2, -0.15) is 0 Å². The molecule has 2 N–H and O–H groups in total. The highest BCUT2D eigenvalue weighted by Crippen LogP contribution is 2.25. The average Bonchev–Trinajstić information content (AvgIpc) is 3.10. The Morgan fingerprint density at radius 1 is 1.39 bits per heavy atom. The fourth-order valence-corrected chi connectivity index (χ4v) is 3.71. The molecule has 1 atom stereocenters. The zero-order chi connectivity index (χ0) is 16.7. The van der Waals surface area contributed by atoms with E-state index in [1.54, 1.807) is 0 Å². The van der Waals surface area contributed by atoms with Gasteiger partial charge in [0.25, 0.3) is 0 Å². The second-order valence-corrected chi connectivity index (χ2v) is 7.43. The van der Waals surface area contributed by atoms with Gasteiger partial charge < -0.3 is 20.3 Å². The lowest BCUT2D eigenvalue weighted by Crippen LogP contribution is -2.57. The van der Waals surface area contributed by atoms with Gasteiger partial charge >= 0.3 is 0 Å². The predicted molar refractivity (Wildman–Crippen MR) is 98.6 cm³/mol. The van der Waals surface area contributed by atoms with Crippen molar-refractivity contribution >= 4 is 17.3 Å². The van der Waals surface area contributed by atoms with Gasteiger partial charge in [0.2, 0.25) is 0 Å². The monoisotopic (exact) mass is 338 g/mol. The fourth-order valence-electron chi connectivity index (χ4n) is 2.92. The highest BCUT2D eigenvalue weighted by Gasteiger charge is 2.34. The second-order valence-electron chi connectivity index (χ2n) is 6.45. The molecule has 0 aliphatic carbocycles. The van der Waals surface area contributed by atoms with Gasteiger partial charge in [0, 0.05) is 49.7 Å². The topological polar surface area (TPSA) is 48.9 Å². The predicted octanol–water partition coefficient (Wildman–Crippen LogP) is 2.13. The molecule has 5 nitrogen and oxygen atoms in total. The zero-order valence-corrected chi connectivity index (χ0v) is 15.6. The van der Waals surface area contributed by atoms with E-state index in [2.05, 4.69) is 59.1 Å². The van der Waals surface area contributed by atoms with Crippen LogP contribution < -0.4 is 10.6 Å².